The molecule has 3 aliphatic heterocycles. The molecular formula is C37H47N3O5. The van der Waals surface area contributed by atoms with E-state index in [2.05, 4.69) is 13.2 Å². The van der Waals surface area contributed by atoms with E-state index in [0.717, 1.165) is 22.4 Å². The number of carbonyl (C=O) groups excluding carboxylic acids is 3. The minimum absolute atomic E-state index is 0.164. The second-order valence-corrected chi connectivity index (χ2v) is 12.8. The van der Waals surface area contributed by atoms with Gasteiger partial charge in [-0.3, -0.25) is 14.4 Å². The van der Waals surface area contributed by atoms with Crippen LogP contribution in [0.15, 0.2) is 73.8 Å². The standard InChI is InChI=1S/C37H47N3O5/c1-7-21-38(23-27-17-12-11-13-18-27)33(42)29-30-34(43)40(28(9-3)24-41)32(37(30)20-19-36(29,10-4)45-37)35(44)39(22-8-2)31-25(5)15-14-16-26(31)6/h7-8,11-18,28-30,32,41H,1-2,9-10,19-24H2,3-6H3/t28-,29-,30-,32?,36+,37?/m0/s1. The van der Waals surface area contributed by atoms with Crippen LogP contribution >= 0.6 is 0 Å². The first-order valence-corrected chi connectivity index (χ1v) is 16.2. The Bertz CT molecular complexity index is 1430. The van der Waals surface area contributed by atoms with E-state index in [1.54, 1.807) is 26.9 Å². The fourth-order valence-electron chi connectivity index (χ4n) is 8.31. The highest BCUT2D eigenvalue weighted by Crippen LogP contribution is 2.65. The summed E-state index contributed by atoms with van der Waals surface area (Å²) in [4.78, 5) is 49.5. The second kappa shape index (κ2) is 12.9. The van der Waals surface area contributed by atoms with E-state index in [-0.39, 0.29) is 30.9 Å². The number of hydrogen-bond donors (Lipinski definition) is 1. The number of nitrogens with zero attached hydrogens (tertiary/aromatic N) is 3. The number of anilines is 1. The molecule has 3 fully saturated rings. The van der Waals surface area contributed by atoms with E-state index >= 15 is 4.79 Å². The number of fused-ring (bicyclic) bond motifs is 1. The van der Waals surface area contributed by atoms with Crippen molar-refractivity contribution in [2.75, 3.05) is 24.6 Å². The van der Waals surface area contributed by atoms with Gasteiger partial charge in [-0.25, -0.2) is 0 Å². The average molecular weight is 614 g/mol. The van der Waals surface area contributed by atoms with Crippen molar-refractivity contribution < 1.29 is 24.2 Å². The molecule has 0 aromatic heterocycles. The molecule has 2 aromatic rings. The fraction of sp³-hybridized carbons (Fsp3) is 0.486. The molecule has 45 heavy (non-hydrogen) atoms. The molecule has 2 unspecified atom stereocenters. The molecule has 3 amide bonds. The van der Waals surface area contributed by atoms with Gasteiger partial charge in [0.25, 0.3) is 5.91 Å². The molecule has 2 bridgehead atoms. The Morgan fingerprint density at radius 2 is 1.69 bits per heavy atom. The van der Waals surface area contributed by atoms with E-state index in [0.29, 0.717) is 38.8 Å². The molecule has 8 nitrogen and oxygen atoms in total. The number of likely N-dealkylation sites (tertiary alicyclic amines) is 1. The van der Waals surface area contributed by atoms with Crippen molar-refractivity contribution in [2.24, 2.45) is 11.8 Å². The summed E-state index contributed by atoms with van der Waals surface area (Å²) in [7, 11) is 0. The Kier molecular flexibility index (Phi) is 9.38. The first-order valence-electron chi connectivity index (χ1n) is 16.2. The summed E-state index contributed by atoms with van der Waals surface area (Å²) in [5.41, 5.74) is 1.54. The van der Waals surface area contributed by atoms with Crippen LogP contribution in [0.5, 0.6) is 0 Å². The lowest BCUT2D eigenvalue weighted by Crippen LogP contribution is -2.59. The van der Waals surface area contributed by atoms with Gasteiger partial charge in [-0.2, -0.15) is 0 Å². The Labute approximate surface area is 267 Å². The third kappa shape index (κ3) is 5.22. The van der Waals surface area contributed by atoms with Crippen LogP contribution in [0.1, 0.15) is 56.2 Å². The van der Waals surface area contributed by atoms with Gasteiger partial charge in [0, 0.05) is 25.3 Å². The highest BCUT2D eigenvalue weighted by atomic mass is 16.5. The summed E-state index contributed by atoms with van der Waals surface area (Å²) in [6.45, 7) is 16.3. The van der Waals surface area contributed by atoms with Gasteiger partial charge >= 0.3 is 0 Å². The minimum atomic E-state index is -1.20. The zero-order valence-corrected chi connectivity index (χ0v) is 27.1. The summed E-state index contributed by atoms with van der Waals surface area (Å²) in [6.07, 6.45) is 5.42. The van der Waals surface area contributed by atoms with E-state index in [1.165, 1.54) is 0 Å². The number of aryl methyl sites for hydroxylation is 2. The summed E-state index contributed by atoms with van der Waals surface area (Å²) < 4.78 is 7.04. The van der Waals surface area contributed by atoms with Gasteiger partial charge in [-0.1, -0.05) is 74.5 Å². The SMILES string of the molecule is C=CCN(Cc1ccccc1)C(=O)[C@@H]1[C@H]2C(=O)N([C@@H](CC)CO)C(C(=O)N(CC=C)c3c(C)cccc3C)C23CC[C@@]1(CC)O3. The van der Waals surface area contributed by atoms with Crippen LogP contribution in [0.25, 0.3) is 0 Å². The number of benzene rings is 2. The molecule has 1 N–H and O–H groups in total. The number of rotatable bonds is 13. The lowest BCUT2D eigenvalue weighted by Gasteiger charge is -2.40. The van der Waals surface area contributed by atoms with Crippen LogP contribution in [0.3, 0.4) is 0 Å². The number of ether oxygens (including phenoxy) is 1. The fourth-order valence-corrected chi connectivity index (χ4v) is 8.31. The maximum Gasteiger partial charge on any atom is 0.253 e. The summed E-state index contributed by atoms with van der Waals surface area (Å²) in [5.74, 6) is -2.34. The highest BCUT2D eigenvalue weighted by molar-refractivity contribution is 6.06. The minimum Gasteiger partial charge on any atom is -0.394 e. The van der Waals surface area contributed by atoms with Gasteiger partial charge in [0.15, 0.2) is 0 Å². The van der Waals surface area contributed by atoms with Crippen molar-refractivity contribution in [3.63, 3.8) is 0 Å². The second-order valence-electron chi connectivity index (χ2n) is 12.8. The number of amides is 3. The number of aliphatic hydroxyl groups excluding tert-OH is 1. The molecule has 2 aromatic carbocycles. The number of carbonyl (C=O) groups is 3. The Balaban J connectivity index is 1.63. The Hall–Kier alpha value is -3.75. The van der Waals surface area contributed by atoms with Crippen LogP contribution in [0.4, 0.5) is 5.69 Å². The zero-order valence-electron chi connectivity index (χ0n) is 27.1. The molecule has 3 heterocycles. The van der Waals surface area contributed by atoms with Crippen molar-refractivity contribution >= 4 is 23.4 Å². The lowest BCUT2D eigenvalue weighted by atomic mass is 9.64. The number of aliphatic hydroxyl groups is 1. The molecule has 0 radical (unpaired) electrons. The molecule has 240 valence electrons. The first kappa shape index (κ1) is 32.6. The molecule has 0 saturated carbocycles. The predicted octanol–water partition coefficient (Wildman–Crippen LogP) is 4.96. The van der Waals surface area contributed by atoms with Gasteiger partial charge in [0.05, 0.1) is 30.1 Å². The summed E-state index contributed by atoms with van der Waals surface area (Å²) in [6, 6.07) is 14.1. The Morgan fingerprint density at radius 3 is 2.27 bits per heavy atom. The third-order valence-electron chi connectivity index (χ3n) is 10.4. The molecule has 8 heteroatoms. The summed E-state index contributed by atoms with van der Waals surface area (Å²) in [5, 5.41) is 10.5. The molecule has 0 aliphatic carbocycles. The van der Waals surface area contributed by atoms with Gasteiger partial charge in [-0.15, -0.1) is 13.2 Å². The van der Waals surface area contributed by atoms with Crippen molar-refractivity contribution in [3.05, 3.63) is 90.5 Å². The summed E-state index contributed by atoms with van der Waals surface area (Å²) >= 11 is 0. The number of hydrogen-bond acceptors (Lipinski definition) is 5. The Morgan fingerprint density at radius 1 is 1.02 bits per heavy atom. The maximum atomic E-state index is 15.0. The maximum absolute atomic E-state index is 15.0. The quantitative estimate of drug-likeness (QED) is 0.323. The molecule has 6 atom stereocenters. The molecule has 1 spiro atoms. The average Bonchev–Trinajstić information content (AvgIpc) is 3.64. The van der Waals surface area contributed by atoms with Crippen molar-refractivity contribution in [3.8, 4) is 0 Å². The predicted molar refractivity (Wildman–Crippen MR) is 175 cm³/mol. The first-order chi connectivity index (χ1) is 21.6. The van der Waals surface area contributed by atoms with E-state index in [1.807, 2.05) is 76.2 Å². The van der Waals surface area contributed by atoms with Gasteiger partial charge in [-0.05, 0) is 56.2 Å². The lowest BCUT2D eigenvalue weighted by molar-refractivity contribution is -0.154. The topological polar surface area (TPSA) is 90.4 Å². The van der Waals surface area contributed by atoms with Crippen molar-refractivity contribution in [2.45, 2.75) is 83.2 Å². The largest absolute Gasteiger partial charge is 0.394 e. The molecular weight excluding hydrogens is 566 g/mol. The van der Waals surface area contributed by atoms with Crippen molar-refractivity contribution in [1.82, 2.24) is 9.80 Å². The van der Waals surface area contributed by atoms with Crippen LogP contribution < -0.4 is 4.90 Å². The van der Waals surface area contributed by atoms with E-state index in [9.17, 15) is 14.7 Å². The normalized spacial score (nSPS) is 27.3. The highest BCUT2D eigenvalue weighted by Gasteiger charge is 2.79. The van der Waals surface area contributed by atoms with Gasteiger partial charge in [0.2, 0.25) is 11.8 Å². The van der Waals surface area contributed by atoms with E-state index < -0.39 is 35.1 Å². The van der Waals surface area contributed by atoms with Crippen LogP contribution in [0, 0.1) is 25.7 Å². The number of para-hydroxylation sites is 1. The van der Waals surface area contributed by atoms with Crippen LogP contribution in [-0.4, -0.2) is 75.6 Å². The van der Waals surface area contributed by atoms with Gasteiger partial charge in [0.1, 0.15) is 11.6 Å². The van der Waals surface area contributed by atoms with E-state index in [4.69, 9.17) is 4.74 Å². The molecule has 3 aliphatic rings. The van der Waals surface area contributed by atoms with Crippen LogP contribution in [-0.2, 0) is 25.7 Å². The molecule has 3 saturated heterocycles. The van der Waals surface area contributed by atoms with Crippen LogP contribution in [0.2, 0.25) is 0 Å². The van der Waals surface area contributed by atoms with Crippen molar-refractivity contribution in [1.29, 1.82) is 0 Å². The monoisotopic (exact) mass is 613 g/mol. The smallest absolute Gasteiger partial charge is 0.253 e. The zero-order chi connectivity index (χ0) is 32.5. The van der Waals surface area contributed by atoms with Gasteiger partial charge < -0.3 is 24.5 Å². The third-order valence-corrected chi connectivity index (χ3v) is 10.4. The molecule has 5 rings (SSSR count).